The number of thiol groups is 1. The van der Waals surface area contributed by atoms with Gasteiger partial charge in [0.25, 0.3) is 5.91 Å². The number of nitrogens with one attached hydrogen (secondary N) is 3. The normalized spacial score (nSPS) is 18.2. The highest BCUT2D eigenvalue weighted by molar-refractivity contribution is 7.98. The van der Waals surface area contributed by atoms with Gasteiger partial charge in [-0.3, -0.25) is 4.79 Å². The van der Waals surface area contributed by atoms with Crippen LogP contribution in [0.25, 0.3) is 0 Å². The van der Waals surface area contributed by atoms with Gasteiger partial charge in [-0.1, -0.05) is 29.8 Å². The summed E-state index contributed by atoms with van der Waals surface area (Å²) in [7, 11) is 1.35. The van der Waals surface area contributed by atoms with Crippen LogP contribution in [-0.4, -0.2) is 61.4 Å². The van der Waals surface area contributed by atoms with E-state index in [4.69, 9.17) is 4.74 Å². The molecular formula is C27H37N3O3S2. The van der Waals surface area contributed by atoms with Gasteiger partial charge in [-0.25, -0.2) is 4.79 Å². The Morgan fingerprint density at radius 3 is 2.63 bits per heavy atom. The second kappa shape index (κ2) is 13.8. The molecule has 3 rings (SSSR count). The summed E-state index contributed by atoms with van der Waals surface area (Å²) < 4.78 is 4.91. The van der Waals surface area contributed by atoms with Crippen molar-refractivity contribution in [3.05, 3.63) is 64.7 Å². The van der Waals surface area contributed by atoms with E-state index in [0.717, 1.165) is 42.9 Å². The largest absolute Gasteiger partial charge is 0.467 e. The first-order chi connectivity index (χ1) is 16.9. The molecule has 0 aromatic heterocycles. The Kier molecular flexibility index (Phi) is 10.8. The second-order valence-corrected chi connectivity index (χ2v) is 10.6. The molecule has 0 saturated carbocycles. The standard InChI is InChI=1S/C27H37N3O3S2/c1-18-4-6-19(7-5-18)8-9-20-16-21(29-17-24-25(34)12-14-28-24)10-11-22(20)26(31)30-23(13-15-35-3)27(32)33-2/h4-7,10-11,16,23-25,28-29,34H,8-9,12-15,17H2,1-3H3,(H,30,31)/t23-,24-,25-/m0/s1. The van der Waals surface area contributed by atoms with Crippen molar-refractivity contribution in [1.29, 1.82) is 0 Å². The Bertz CT molecular complexity index is 984. The Morgan fingerprint density at radius 1 is 1.20 bits per heavy atom. The predicted octanol–water partition coefficient (Wildman–Crippen LogP) is 3.88. The molecular weight excluding hydrogens is 478 g/mol. The van der Waals surface area contributed by atoms with Crippen LogP contribution < -0.4 is 16.0 Å². The number of thioether (sulfide) groups is 1. The number of benzene rings is 2. The third-order valence-corrected chi connectivity index (χ3v) is 7.65. The van der Waals surface area contributed by atoms with Gasteiger partial charge in [0.05, 0.1) is 7.11 Å². The van der Waals surface area contributed by atoms with Crippen LogP contribution in [0.4, 0.5) is 5.69 Å². The van der Waals surface area contributed by atoms with E-state index < -0.39 is 12.0 Å². The molecule has 6 nitrogen and oxygen atoms in total. The molecule has 0 bridgehead atoms. The first kappa shape index (κ1) is 27.4. The number of methoxy groups -OCH3 is 1. The lowest BCUT2D eigenvalue weighted by atomic mass is 9.97. The van der Waals surface area contributed by atoms with Crippen LogP contribution in [0.2, 0.25) is 0 Å². The average Bonchev–Trinajstić information content (AvgIpc) is 3.28. The van der Waals surface area contributed by atoms with Crippen molar-refractivity contribution in [2.45, 2.75) is 49.9 Å². The minimum Gasteiger partial charge on any atom is -0.467 e. The van der Waals surface area contributed by atoms with E-state index in [-0.39, 0.29) is 5.91 Å². The summed E-state index contributed by atoms with van der Waals surface area (Å²) in [6.45, 7) is 3.83. The van der Waals surface area contributed by atoms with E-state index in [9.17, 15) is 9.59 Å². The Morgan fingerprint density at radius 2 is 1.97 bits per heavy atom. The smallest absolute Gasteiger partial charge is 0.328 e. The molecule has 190 valence electrons. The number of hydrogen-bond donors (Lipinski definition) is 4. The molecule has 35 heavy (non-hydrogen) atoms. The summed E-state index contributed by atoms with van der Waals surface area (Å²) in [6, 6.07) is 14.0. The number of carbonyl (C=O) groups is 2. The molecule has 1 amide bonds. The van der Waals surface area contributed by atoms with Gasteiger partial charge in [-0.15, -0.1) is 0 Å². The topological polar surface area (TPSA) is 79.5 Å². The van der Waals surface area contributed by atoms with Crippen molar-refractivity contribution in [3.8, 4) is 0 Å². The zero-order valence-electron chi connectivity index (χ0n) is 20.8. The van der Waals surface area contributed by atoms with Crippen LogP contribution >= 0.6 is 24.4 Å². The quantitative estimate of drug-likeness (QED) is 0.254. The fraction of sp³-hybridized carbons (Fsp3) is 0.481. The first-order valence-electron chi connectivity index (χ1n) is 12.1. The summed E-state index contributed by atoms with van der Waals surface area (Å²) in [6.07, 6.45) is 5.10. The molecule has 1 aliphatic heterocycles. The molecule has 3 N–H and O–H groups in total. The fourth-order valence-electron chi connectivity index (χ4n) is 4.22. The third kappa shape index (κ3) is 8.19. The lowest BCUT2D eigenvalue weighted by Crippen LogP contribution is -2.42. The summed E-state index contributed by atoms with van der Waals surface area (Å²) in [5, 5.41) is 10.2. The van der Waals surface area contributed by atoms with E-state index in [0.29, 0.717) is 29.7 Å². The highest BCUT2D eigenvalue weighted by Gasteiger charge is 2.24. The van der Waals surface area contributed by atoms with Crippen molar-refractivity contribution < 1.29 is 14.3 Å². The summed E-state index contributed by atoms with van der Waals surface area (Å²) in [5.74, 6) is 0.0851. The number of amides is 1. The van der Waals surface area contributed by atoms with Crippen LogP contribution in [0, 0.1) is 6.92 Å². The molecule has 8 heteroatoms. The number of aryl methyl sites for hydroxylation is 3. The Labute approximate surface area is 218 Å². The van der Waals surface area contributed by atoms with Crippen molar-refractivity contribution in [2.75, 3.05) is 37.5 Å². The minimum absolute atomic E-state index is 0.250. The van der Waals surface area contributed by atoms with E-state index in [1.807, 2.05) is 18.4 Å². The molecule has 0 unspecified atom stereocenters. The monoisotopic (exact) mass is 515 g/mol. The molecule has 0 spiro atoms. The number of anilines is 1. The number of hydrogen-bond acceptors (Lipinski definition) is 7. The fourth-order valence-corrected chi connectivity index (χ4v) is 5.03. The highest BCUT2D eigenvalue weighted by Crippen LogP contribution is 2.21. The SMILES string of the molecule is COC(=O)[C@H](CCSC)NC(=O)c1ccc(NC[C@@H]2NCC[C@@H]2S)cc1CCc1ccc(C)cc1. The first-order valence-corrected chi connectivity index (χ1v) is 14.0. The molecule has 0 aliphatic carbocycles. The van der Waals surface area contributed by atoms with E-state index in [1.54, 1.807) is 11.8 Å². The molecule has 0 radical (unpaired) electrons. The minimum atomic E-state index is -0.663. The highest BCUT2D eigenvalue weighted by atomic mass is 32.2. The molecule has 1 heterocycles. The van der Waals surface area contributed by atoms with Crippen LogP contribution in [0.15, 0.2) is 42.5 Å². The van der Waals surface area contributed by atoms with Gasteiger partial charge in [0.15, 0.2) is 0 Å². The van der Waals surface area contributed by atoms with Crippen LogP contribution in [0.3, 0.4) is 0 Å². The van der Waals surface area contributed by atoms with E-state index in [1.165, 1.54) is 18.2 Å². The van der Waals surface area contributed by atoms with Gasteiger partial charge >= 0.3 is 5.97 Å². The van der Waals surface area contributed by atoms with E-state index >= 15 is 0 Å². The number of esters is 1. The lowest BCUT2D eigenvalue weighted by Gasteiger charge is -2.19. The average molecular weight is 516 g/mol. The molecule has 2 aromatic rings. The van der Waals surface area contributed by atoms with Crippen LogP contribution in [-0.2, 0) is 22.4 Å². The van der Waals surface area contributed by atoms with Crippen molar-refractivity contribution in [1.82, 2.24) is 10.6 Å². The zero-order chi connectivity index (χ0) is 25.2. The maximum Gasteiger partial charge on any atom is 0.328 e. The van der Waals surface area contributed by atoms with Gasteiger partial charge < -0.3 is 20.7 Å². The van der Waals surface area contributed by atoms with Crippen molar-refractivity contribution in [3.63, 3.8) is 0 Å². The molecule has 1 aliphatic rings. The Hall–Kier alpha value is -2.16. The second-order valence-electron chi connectivity index (χ2n) is 8.99. The van der Waals surface area contributed by atoms with Gasteiger partial charge in [0.2, 0.25) is 0 Å². The summed E-state index contributed by atoms with van der Waals surface area (Å²) >= 11 is 6.29. The number of rotatable bonds is 12. The Balaban J connectivity index is 1.78. The summed E-state index contributed by atoms with van der Waals surface area (Å²) in [4.78, 5) is 25.5. The van der Waals surface area contributed by atoms with E-state index in [2.05, 4.69) is 65.8 Å². The third-order valence-electron chi connectivity index (χ3n) is 6.39. The lowest BCUT2D eigenvalue weighted by molar-refractivity contribution is -0.142. The summed E-state index contributed by atoms with van der Waals surface area (Å²) in [5.41, 5.74) is 4.96. The van der Waals surface area contributed by atoms with Gasteiger partial charge in [0, 0.05) is 29.1 Å². The van der Waals surface area contributed by atoms with Crippen molar-refractivity contribution in [2.24, 2.45) is 0 Å². The van der Waals surface area contributed by atoms with Crippen LogP contribution in [0.5, 0.6) is 0 Å². The van der Waals surface area contributed by atoms with Crippen LogP contribution in [0.1, 0.15) is 39.9 Å². The zero-order valence-corrected chi connectivity index (χ0v) is 22.5. The molecule has 1 fully saturated rings. The van der Waals surface area contributed by atoms with Gasteiger partial charge in [-0.05, 0) is 80.5 Å². The number of carbonyl (C=O) groups excluding carboxylic acids is 2. The molecule has 1 saturated heterocycles. The maximum atomic E-state index is 13.3. The number of ether oxygens (including phenoxy) is 1. The van der Waals surface area contributed by atoms with Crippen molar-refractivity contribution >= 4 is 42.0 Å². The molecule has 3 atom stereocenters. The van der Waals surface area contributed by atoms with Gasteiger partial charge in [0.1, 0.15) is 6.04 Å². The maximum absolute atomic E-state index is 13.3. The van der Waals surface area contributed by atoms with Gasteiger partial charge in [-0.2, -0.15) is 24.4 Å². The predicted molar refractivity (Wildman–Crippen MR) is 149 cm³/mol. The molecule has 2 aromatic carbocycles.